The Hall–Kier alpha value is -1.59. The van der Waals surface area contributed by atoms with Crippen molar-refractivity contribution in [1.29, 1.82) is 0 Å². The van der Waals surface area contributed by atoms with Gasteiger partial charge in [0.2, 0.25) is 0 Å². The topological polar surface area (TPSA) is 118 Å². The van der Waals surface area contributed by atoms with Gasteiger partial charge in [0.25, 0.3) is 0 Å². The molecule has 0 aromatic carbocycles. The molecule has 0 atom stereocenters. The molecule has 24 heavy (non-hydrogen) atoms. The average molecular weight is 345 g/mol. The Morgan fingerprint density at radius 1 is 1.46 bits per heavy atom. The van der Waals surface area contributed by atoms with Gasteiger partial charge in [-0.2, -0.15) is 0 Å². The predicted octanol–water partition coefficient (Wildman–Crippen LogP) is 0.673. The van der Waals surface area contributed by atoms with Gasteiger partial charge in [0.1, 0.15) is 19.6 Å². The zero-order chi connectivity index (χ0) is 17.8. The Morgan fingerprint density at radius 2 is 2.12 bits per heavy atom. The lowest BCUT2D eigenvalue weighted by Crippen LogP contribution is -2.50. The molecule has 0 unspecified atom stereocenters. The summed E-state index contributed by atoms with van der Waals surface area (Å²) in [5, 5.41) is 21.0. The second kappa shape index (κ2) is 7.53. The molecule has 10 heteroatoms. The minimum absolute atomic E-state index is 0.0675. The van der Waals surface area contributed by atoms with E-state index >= 15 is 0 Å². The van der Waals surface area contributed by atoms with Crippen LogP contribution in [0.15, 0.2) is 6.20 Å². The number of hydrogen-bond acceptors (Lipinski definition) is 8. The van der Waals surface area contributed by atoms with Crippen molar-refractivity contribution >= 4 is 5.95 Å². The lowest BCUT2D eigenvalue weighted by atomic mass is 9.89. The Kier molecular flexibility index (Phi) is 5.88. The number of aliphatic hydroxyl groups excluding tert-OH is 1. The number of aromatic nitrogens is 2. The van der Waals surface area contributed by atoms with Crippen LogP contribution in [0.3, 0.4) is 0 Å². The fourth-order valence-corrected chi connectivity index (χ4v) is 2.35. The van der Waals surface area contributed by atoms with Crippen molar-refractivity contribution in [2.24, 2.45) is 5.41 Å². The number of imidazole rings is 1. The molecular weight excluding hydrogens is 322 g/mol. The Morgan fingerprint density at radius 3 is 2.67 bits per heavy atom. The van der Waals surface area contributed by atoms with Gasteiger partial charge in [-0.15, -0.1) is 0 Å². The molecule has 10 nitrogen and oxygen atoms in total. The smallest absolute Gasteiger partial charge is 0.395 e. The summed E-state index contributed by atoms with van der Waals surface area (Å²) in [7, 11) is 1.48. The van der Waals surface area contributed by atoms with E-state index in [0.29, 0.717) is 5.69 Å². The maximum Gasteiger partial charge on any atom is 0.434 e. The Bertz CT molecular complexity index is 563. The molecule has 0 aliphatic carbocycles. The van der Waals surface area contributed by atoms with Crippen molar-refractivity contribution in [3.05, 3.63) is 22.0 Å². The Labute approximate surface area is 139 Å². The van der Waals surface area contributed by atoms with E-state index < -0.39 is 16.1 Å². The third-order valence-corrected chi connectivity index (χ3v) is 3.71. The summed E-state index contributed by atoms with van der Waals surface area (Å²) in [6.45, 7) is 4.08. The molecule has 1 aromatic heterocycles. The lowest BCUT2D eigenvalue weighted by molar-refractivity contribution is -0.397. The van der Waals surface area contributed by atoms with Gasteiger partial charge in [-0.3, -0.25) is 0 Å². The normalized spacial score (nSPS) is 19.3. The van der Waals surface area contributed by atoms with Crippen LogP contribution in [-0.4, -0.2) is 59.1 Å². The molecule has 1 N–H and O–H groups in total. The van der Waals surface area contributed by atoms with Crippen LogP contribution in [0, 0.1) is 15.5 Å². The van der Waals surface area contributed by atoms with Crippen molar-refractivity contribution in [1.82, 2.24) is 9.55 Å². The minimum atomic E-state index is -0.772. The van der Waals surface area contributed by atoms with Crippen LogP contribution in [-0.2, 0) is 32.1 Å². The number of hydrogen-bond donors (Lipinski definition) is 1. The maximum atomic E-state index is 11.2. The van der Waals surface area contributed by atoms with E-state index in [1.54, 1.807) is 13.8 Å². The molecule has 0 saturated carbocycles. The van der Waals surface area contributed by atoms with Crippen LogP contribution in [0.4, 0.5) is 5.95 Å². The van der Waals surface area contributed by atoms with Gasteiger partial charge in [-0.05, 0) is 18.8 Å². The molecule has 1 aliphatic rings. The van der Waals surface area contributed by atoms with E-state index in [2.05, 4.69) is 4.98 Å². The summed E-state index contributed by atoms with van der Waals surface area (Å²) in [6, 6.07) is 0. The number of aliphatic hydroxyl groups is 1. The van der Waals surface area contributed by atoms with E-state index in [4.69, 9.17) is 18.9 Å². The van der Waals surface area contributed by atoms with Crippen LogP contribution in [0.5, 0.6) is 0 Å². The molecule has 0 spiro atoms. The molecule has 0 radical (unpaired) electrons. The number of methoxy groups -OCH3 is 1. The highest BCUT2D eigenvalue weighted by atomic mass is 16.7. The van der Waals surface area contributed by atoms with E-state index in [-0.39, 0.29) is 45.7 Å². The number of nitro groups is 1. The van der Waals surface area contributed by atoms with Gasteiger partial charge in [-0.25, -0.2) is 4.57 Å². The number of rotatable bonds is 8. The highest BCUT2D eigenvalue weighted by molar-refractivity contribution is 5.14. The van der Waals surface area contributed by atoms with Gasteiger partial charge >= 0.3 is 5.95 Å². The minimum Gasteiger partial charge on any atom is -0.395 e. The van der Waals surface area contributed by atoms with Crippen molar-refractivity contribution in [2.75, 3.05) is 33.7 Å². The van der Waals surface area contributed by atoms with Crippen molar-refractivity contribution in [3.8, 4) is 0 Å². The highest BCUT2D eigenvalue weighted by Gasteiger charge is 2.42. The fraction of sp³-hybridized carbons (Fsp3) is 0.786. The molecular formula is C14H23N3O7. The first-order valence-corrected chi connectivity index (χ1v) is 7.47. The summed E-state index contributed by atoms with van der Waals surface area (Å²) in [5.74, 6) is -1.05. The lowest BCUT2D eigenvalue weighted by Gasteiger charge is -2.41. The molecule has 1 aromatic rings. The summed E-state index contributed by atoms with van der Waals surface area (Å²) in [5.41, 5.74) is -0.365. The molecule has 2 heterocycles. The van der Waals surface area contributed by atoms with Gasteiger partial charge < -0.3 is 34.2 Å². The number of ether oxygens (including phenoxy) is 4. The van der Waals surface area contributed by atoms with Crippen LogP contribution in [0.25, 0.3) is 0 Å². The van der Waals surface area contributed by atoms with Crippen molar-refractivity contribution < 1.29 is 29.0 Å². The summed E-state index contributed by atoms with van der Waals surface area (Å²) >= 11 is 0. The van der Waals surface area contributed by atoms with Crippen LogP contribution >= 0.6 is 0 Å². The zero-order valence-corrected chi connectivity index (χ0v) is 14.1. The van der Waals surface area contributed by atoms with Crippen LogP contribution in [0.1, 0.15) is 19.5 Å². The van der Waals surface area contributed by atoms with Gasteiger partial charge in [0.05, 0.1) is 31.8 Å². The first kappa shape index (κ1) is 18.7. The molecule has 1 fully saturated rings. The van der Waals surface area contributed by atoms with Crippen LogP contribution < -0.4 is 0 Å². The third-order valence-electron chi connectivity index (χ3n) is 3.71. The molecule has 2 rings (SSSR count). The van der Waals surface area contributed by atoms with Crippen molar-refractivity contribution in [2.45, 2.75) is 32.8 Å². The molecule has 136 valence electrons. The van der Waals surface area contributed by atoms with Gasteiger partial charge in [0, 0.05) is 7.11 Å². The molecule has 0 amide bonds. The van der Waals surface area contributed by atoms with E-state index in [1.165, 1.54) is 17.9 Å². The predicted molar refractivity (Wildman–Crippen MR) is 81.0 cm³/mol. The van der Waals surface area contributed by atoms with E-state index in [0.717, 1.165) is 0 Å². The monoisotopic (exact) mass is 345 g/mol. The first-order chi connectivity index (χ1) is 11.3. The average Bonchev–Trinajstić information content (AvgIpc) is 2.93. The SMILES string of the molecule is COCOCc1cn(CC2(CO)COC(C)(C)OC2)c([N+](=O)[O-])n1. The van der Waals surface area contributed by atoms with E-state index in [9.17, 15) is 15.2 Å². The zero-order valence-electron chi connectivity index (χ0n) is 14.1. The largest absolute Gasteiger partial charge is 0.434 e. The van der Waals surface area contributed by atoms with Crippen LogP contribution in [0.2, 0.25) is 0 Å². The van der Waals surface area contributed by atoms with Gasteiger partial charge in [-0.1, -0.05) is 4.98 Å². The summed E-state index contributed by atoms with van der Waals surface area (Å²) in [4.78, 5) is 14.6. The Balaban J connectivity index is 2.15. The summed E-state index contributed by atoms with van der Waals surface area (Å²) < 4.78 is 22.5. The highest BCUT2D eigenvalue weighted by Crippen LogP contribution is 2.32. The second-order valence-electron chi connectivity index (χ2n) is 6.31. The number of nitrogens with zero attached hydrogens (tertiary/aromatic N) is 3. The maximum absolute atomic E-state index is 11.2. The summed E-state index contributed by atoms with van der Waals surface area (Å²) in [6.07, 6.45) is 1.53. The quantitative estimate of drug-likeness (QED) is 0.316. The van der Waals surface area contributed by atoms with E-state index in [1.807, 2.05) is 0 Å². The second-order valence-corrected chi connectivity index (χ2v) is 6.31. The molecule has 0 bridgehead atoms. The standard InChI is InChI=1S/C14H23N3O7/c1-13(2)23-8-14(7-18,9-24-13)6-16-4-11(5-22-10-21-3)15-12(16)17(19)20/h4,18H,5-10H2,1-3H3. The first-order valence-electron chi connectivity index (χ1n) is 7.47. The molecule has 1 saturated heterocycles. The fourth-order valence-electron chi connectivity index (χ4n) is 2.35. The van der Waals surface area contributed by atoms with Crippen molar-refractivity contribution in [3.63, 3.8) is 0 Å². The molecule has 1 aliphatic heterocycles. The third kappa shape index (κ3) is 4.48. The van der Waals surface area contributed by atoms with Gasteiger partial charge in [0.15, 0.2) is 11.5 Å².